The molecule has 1 aromatic rings. The Morgan fingerprint density at radius 2 is 1.81 bits per heavy atom. The number of nitro groups is 1. The number of rotatable bonds is 3. The smallest absolute Gasteiger partial charge is 0.359 e. The zero-order chi connectivity index (χ0) is 11.6. The van der Waals surface area contributed by atoms with Crippen LogP contribution in [0.5, 0.6) is 5.75 Å². The molecule has 0 unspecified atom stereocenters. The maximum absolute atomic E-state index is 12.0. The molecule has 0 radical (unpaired) electrons. The molecule has 0 spiro atoms. The molecule has 1 aromatic carbocycles. The van der Waals surface area contributed by atoms with Crippen LogP contribution < -0.4 is 4.52 Å². The van der Waals surface area contributed by atoms with E-state index in [1.165, 1.54) is 47.0 Å². The lowest BCUT2D eigenvalue weighted by atomic mass is 10.3. The van der Waals surface area contributed by atoms with Gasteiger partial charge in [0.15, 0.2) is 0 Å². The van der Waals surface area contributed by atoms with Crippen LogP contribution in [0.1, 0.15) is 0 Å². The predicted octanol–water partition coefficient (Wildman–Crippen LogP) is 3.56. The van der Waals surface area contributed by atoms with Gasteiger partial charge in [-0.15, -0.1) is 0 Å². The van der Waals surface area contributed by atoms with E-state index >= 15 is 0 Å². The van der Waals surface area contributed by atoms with Crippen molar-refractivity contribution in [2.75, 3.05) is 11.5 Å². The molecular weight excluding hydrogens is 269 g/mol. The lowest BCUT2D eigenvalue weighted by molar-refractivity contribution is -0.384. The number of nitro benzene ring substituents is 1. The lowest BCUT2D eigenvalue weighted by Crippen LogP contribution is -1.88. The van der Waals surface area contributed by atoms with Crippen LogP contribution in [0.3, 0.4) is 0 Å². The molecule has 0 N–H and O–H groups in total. The summed E-state index contributed by atoms with van der Waals surface area (Å²) in [4.78, 5) is 9.94. The molecule has 16 heavy (non-hydrogen) atoms. The fourth-order valence-electron chi connectivity index (χ4n) is 1.15. The summed E-state index contributed by atoms with van der Waals surface area (Å²) in [6, 6.07) is 5.62. The molecule has 8 heteroatoms. The highest BCUT2D eigenvalue weighted by Crippen LogP contribution is 2.73. The largest absolute Gasteiger partial charge is 0.429 e. The van der Waals surface area contributed by atoms with Crippen LogP contribution in [0.2, 0.25) is 0 Å². The minimum atomic E-state index is -2.67. The Hall–Kier alpha value is -0.650. The average molecular weight is 277 g/mol. The first-order valence-corrected chi connectivity index (χ1v) is 9.23. The van der Waals surface area contributed by atoms with Gasteiger partial charge in [0.05, 0.1) is 4.92 Å². The van der Waals surface area contributed by atoms with Crippen LogP contribution in [-0.2, 0) is 4.57 Å². The fraction of sp³-hybridized carbons (Fsp3) is 0.250. The summed E-state index contributed by atoms with van der Waals surface area (Å²) in [5.41, 5.74) is -0.00244. The van der Waals surface area contributed by atoms with Crippen LogP contribution in [0.4, 0.5) is 5.69 Å². The molecule has 0 bridgehead atoms. The standard InChI is InChI=1S/C8H8NO4PS2/c10-9(11)7-1-3-8(4-2-7)13-14(12)15-5-6-16-14/h1-4H,5-6H2. The zero-order valence-corrected chi connectivity index (χ0v) is 10.6. The van der Waals surface area contributed by atoms with Gasteiger partial charge in [0.2, 0.25) is 0 Å². The number of hydrogen-bond acceptors (Lipinski definition) is 6. The second-order valence-electron chi connectivity index (χ2n) is 2.96. The number of nitrogens with zero attached hydrogens (tertiary/aromatic N) is 1. The van der Waals surface area contributed by atoms with E-state index in [0.717, 1.165) is 11.5 Å². The van der Waals surface area contributed by atoms with E-state index in [-0.39, 0.29) is 5.69 Å². The van der Waals surface area contributed by atoms with Crippen LogP contribution in [0, 0.1) is 10.1 Å². The van der Waals surface area contributed by atoms with Crippen LogP contribution >= 0.6 is 28.5 Å². The Labute approximate surface area is 100 Å². The van der Waals surface area contributed by atoms with Crippen molar-refractivity contribution in [2.45, 2.75) is 0 Å². The van der Waals surface area contributed by atoms with Crippen molar-refractivity contribution in [2.24, 2.45) is 0 Å². The van der Waals surface area contributed by atoms with Gasteiger partial charge in [0.1, 0.15) is 5.75 Å². The van der Waals surface area contributed by atoms with Crippen LogP contribution in [-0.4, -0.2) is 16.4 Å². The zero-order valence-electron chi connectivity index (χ0n) is 8.07. The van der Waals surface area contributed by atoms with E-state index in [0.29, 0.717) is 5.75 Å². The van der Waals surface area contributed by atoms with Crippen LogP contribution in [0.25, 0.3) is 0 Å². The average Bonchev–Trinajstić information content (AvgIpc) is 2.65. The Balaban J connectivity index is 2.10. The molecule has 5 nitrogen and oxygen atoms in total. The van der Waals surface area contributed by atoms with E-state index in [1.807, 2.05) is 0 Å². The van der Waals surface area contributed by atoms with Gasteiger partial charge in [-0.25, -0.2) is 0 Å². The molecule has 86 valence electrons. The molecule has 0 amide bonds. The van der Waals surface area contributed by atoms with Crippen molar-refractivity contribution in [1.82, 2.24) is 0 Å². The third-order valence-electron chi connectivity index (χ3n) is 1.85. The predicted molar refractivity (Wildman–Crippen MR) is 66.2 cm³/mol. The second-order valence-corrected chi connectivity index (χ2v) is 10.5. The monoisotopic (exact) mass is 277 g/mol. The van der Waals surface area contributed by atoms with Gasteiger partial charge in [-0.05, 0) is 34.9 Å². The SMILES string of the molecule is O=[N+]([O-])c1ccc(OP2(=O)SCCS2)cc1. The summed E-state index contributed by atoms with van der Waals surface area (Å²) in [7, 11) is 0. The van der Waals surface area contributed by atoms with Crippen molar-refractivity contribution in [1.29, 1.82) is 0 Å². The molecule has 1 aliphatic rings. The number of hydrogen-bond donors (Lipinski definition) is 0. The summed E-state index contributed by atoms with van der Waals surface area (Å²) in [6.45, 7) is 0. The van der Waals surface area contributed by atoms with E-state index in [1.54, 1.807) is 0 Å². The molecule has 1 heterocycles. The van der Waals surface area contributed by atoms with Gasteiger partial charge in [-0.3, -0.25) is 14.7 Å². The number of non-ortho nitro benzene ring substituents is 1. The topological polar surface area (TPSA) is 69.4 Å². The van der Waals surface area contributed by atoms with Gasteiger partial charge in [-0.1, -0.05) is 0 Å². The van der Waals surface area contributed by atoms with Gasteiger partial charge < -0.3 is 4.52 Å². The Kier molecular flexibility index (Phi) is 3.47. The molecule has 1 fully saturated rings. The minimum absolute atomic E-state index is 0.00244. The molecular formula is C8H8NO4PS2. The molecule has 2 rings (SSSR count). The van der Waals surface area contributed by atoms with E-state index in [4.69, 9.17) is 4.52 Å². The summed E-state index contributed by atoms with van der Waals surface area (Å²) >= 11 is 2.62. The van der Waals surface area contributed by atoms with Crippen molar-refractivity contribution < 1.29 is 14.0 Å². The van der Waals surface area contributed by atoms with E-state index < -0.39 is 10.7 Å². The minimum Gasteiger partial charge on any atom is -0.429 e. The van der Waals surface area contributed by atoms with Gasteiger partial charge in [0.25, 0.3) is 5.69 Å². The lowest BCUT2D eigenvalue weighted by Gasteiger charge is -2.10. The second kappa shape index (κ2) is 4.69. The first-order valence-electron chi connectivity index (χ1n) is 4.42. The maximum atomic E-state index is 12.0. The molecule has 1 saturated heterocycles. The van der Waals surface area contributed by atoms with Gasteiger partial charge in [0, 0.05) is 23.6 Å². The highest BCUT2D eigenvalue weighted by atomic mass is 33.1. The Bertz CT molecular complexity index is 440. The third-order valence-corrected chi connectivity index (χ3v) is 9.28. The molecule has 0 aliphatic carbocycles. The summed E-state index contributed by atoms with van der Waals surface area (Å²) < 4.78 is 17.3. The fourth-order valence-corrected chi connectivity index (χ4v) is 8.50. The van der Waals surface area contributed by atoms with Crippen molar-refractivity contribution in [3.63, 3.8) is 0 Å². The third kappa shape index (κ3) is 2.72. The van der Waals surface area contributed by atoms with E-state index in [2.05, 4.69) is 0 Å². The Morgan fingerprint density at radius 1 is 1.25 bits per heavy atom. The van der Waals surface area contributed by atoms with Crippen molar-refractivity contribution in [3.05, 3.63) is 34.4 Å². The normalized spacial score (nSPS) is 18.2. The highest BCUT2D eigenvalue weighted by Gasteiger charge is 2.31. The first kappa shape index (κ1) is 11.8. The molecule has 0 saturated carbocycles. The molecule has 0 aromatic heterocycles. The Morgan fingerprint density at radius 3 is 2.31 bits per heavy atom. The maximum Gasteiger partial charge on any atom is 0.359 e. The first-order chi connectivity index (χ1) is 7.59. The van der Waals surface area contributed by atoms with Gasteiger partial charge >= 0.3 is 5.77 Å². The highest BCUT2D eigenvalue weighted by molar-refractivity contribution is 8.90. The van der Waals surface area contributed by atoms with E-state index in [9.17, 15) is 14.7 Å². The molecule has 1 aliphatic heterocycles. The van der Waals surface area contributed by atoms with Crippen LogP contribution in [0.15, 0.2) is 24.3 Å². The molecule has 0 atom stereocenters. The van der Waals surface area contributed by atoms with Gasteiger partial charge in [-0.2, -0.15) is 0 Å². The summed E-state index contributed by atoms with van der Waals surface area (Å²) in [5, 5.41) is 10.4. The summed E-state index contributed by atoms with van der Waals surface area (Å²) in [6.07, 6.45) is 0. The number of benzene rings is 1. The van der Waals surface area contributed by atoms with Crippen molar-refractivity contribution in [3.8, 4) is 5.75 Å². The summed E-state index contributed by atoms with van der Waals surface area (Å²) in [5.74, 6) is -0.626. The van der Waals surface area contributed by atoms with Crippen molar-refractivity contribution >= 4 is 34.2 Å². The quantitative estimate of drug-likeness (QED) is 0.478.